The molecule has 6 rings (SSSR count). The summed E-state index contributed by atoms with van der Waals surface area (Å²) in [7, 11) is 0. The predicted octanol–water partition coefficient (Wildman–Crippen LogP) is 8.82. The van der Waals surface area contributed by atoms with E-state index >= 15 is 0 Å². The van der Waals surface area contributed by atoms with E-state index in [1.807, 2.05) is 45.3 Å². The molecule has 0 saturated carbocycles. The molecule has 0 N–H and O–H groups in total. The standard InChI is InChI=1S/C22H16S4/c1-3-13-5-11-7-15-19(9-17(11)23-13)25-22-16-8-12-6-14(4-2)24-18(12)10-20(16)26-21(15)22/h5-10H,3-4H2,1-2H3. The topological polar surface area (TPSA) is 0 Å². The van der Waals surface area contributed by atoms with Crippen LogP contribution in [0.2, 0.25) is 0 Å². The third-order valence-electron chi connectivity index (χ3n) is 5.16. The molecular weight excluding hydrogens is 393 g/mol. The lowest BCUT2D eigenvalue weighted by Crippen LogP contribution is -1.65. The number of aryl methyl sites for hydroxylation is 2. The van der Waals surface area contributed by atoms with Crippen LogP contribution in [0.3, 0.4) is 0 Å². The second kappa shape index (κ2) is 5.52. The molecule has 0 spiro atoms. The van der Waals surface area contributed by atoms with Gasteiger partial charge in [-0.05, 0) is 60.0 Å². The number of fused-ring (bicyclic) bond motifs is 7. The van der Waals surface area contributed by atoms with Crippen molar-refractivity contribution in [2.45, 2.75) is 26.7 Å². The molecule has 0 radical (unpaired) electrons. The molecule has 0 atom stereocenters. The summed E-state index contributed by atoms with van der Waals surface area (Å²) >= 11 is 7.84. The number of hydrogen-bond donors (Lipinski definition) is 0. The monoisotopic (exact) mass is 408 g/mol. The van der Waals surface area contributed by atoms with E-state index in [4.69, 9.17) is 0 Å². The van der Waals surface area contributed by atoms with Crippen molar-refractivity contribution in [1.29, 1.82) is 0 Å². The Labute approximate surface area is 167 Å². The van der Waals surface area contributed by atoms with Crippen molar-refractivity contribution in [1.82, 2.24) is 0 Å². The molecule has 0 saturated heterocycles. The highest BCUT2D eigenvalue weighted by Gasteiger charge is 2.15. The fraction of sp³-hybridized carbons (Fsp3) is 0.182. The van der Waals surface area contributed by atoms with Gasteiger partial charge in [0.1, 0.15) is 0 Å². The molecule has 0 fully saturated rings. The maximum absolute atomic E-state index is 2.42. The minimum Gasteiger partial charge on any atom is -0.140 e. The molecule has 0 aliphatic rings. The van der Waals surface area contributed by atoms with Crippen LogP contribution >= 0.6 is 45.3 Å². The minimum absolute atomic E-state index is 1.13. The van der Waals surface area contributed by atoms with E-state index in [9.17, 15) is 0 Å². The normalized spacial score (nSPS) is 12.5. The lowest BCUT2D eigenvalue weighted by Gasteiger charge is -1.93. The summed E-state index contributed by atoms with van der Waals surface area (Å²) in [6, 6.07) is 14.4. The van der Waals surface area contributed by atoms with Gasteiger partial charge in [-0.25, -0.2) is 0 Å². The lowest BCUT2D eigenvalue weighted by atomic mass is 10.1. The molecule has 0 nitrogen and oxygen atoms in total. The van der Waals surface area contributed by atoms with Crippen LogP contribution in [0.25, 0.3) is 49.7 Å². The molecule has 0 amide bonds. The van der Waals surface area contributed by atoms with Crippen LogP contribution in [0.4, 0.5) is 0 Å². The summed E-state index contributed by atoms with van der Waals surface area (Å²) in [4.78, 5) is 2.97. The maximum Gasteiger partial charge on any atom is 0.0542 e. The summed E-state index contributed by atoms with van der Waals surface area (Å²) < 4.78 is 8.68. The highest BCUT2D eigenvalue weighted by Crippen LogP contribution is 2.47. The number of rotatable bonds is 2. The number of benzene rings is 2. The van der Waals surface area contributed by atoms with Crippen LogP contribution in [0.15, 0.2) is 36.4 Å². The van der Waals surface area contributed by atoms with Crippen molar-refractivity contribution in [2.24, 2.45) is 0 Å². The lowest BCUT2D eigenvalue weighted by molar-refractivity contribution is 1.19. The van der Waals surface area contributed by atoms with Gasteiger partial charge in [0, 0.05) is 39.3 Å². The van der Waals surface area contributed by atoms with Gasteiger partial charge < -0.3 is 0 Å². The van der Waals surface area contributed by atoms with Crippen LogP contribution in [0.1, 0.15) is 23.6 Å². The van der Waals surface area contributed by atoms with Crippen molar-refractivity contribution in [3.05, 3.63) is 46.2 Å². The van der Waals surface area contributed by atoms with E-state index in [1.54, 1.807) is 0 Å². The van der Waals surface area contributed by atoms with Crippen molar-refractivity contribution >= 4 is 95.1 Å². The molecule has 6 aromatic rings. The van der Waals surface area contributed by atoms with Gasteiger partial charge in [0.25, 0.3) is 0 Å². The van der Waals surface area contributed by atoms with Gasteiger partial charge in [0.15, 0.2) is 0 Å². The summed E-state index contributed by atoms with van der Waals surface area (Å²) in [6.07, 6.45) is 2.25. The second-order valence-electron chi connectivity index (χ2n) is 6.77. The molecule has 0 bridgehead atoms. The number of hydrogen-bond acceptors (Lipinski definition) is 4. The van der Waals surface area contributed by atoms with Gasteiger partial charge in [-0.1, -0.05) is 13.8 Å². The average Bonchev–Trinajstić information content (AvgIpc) is 3.38. The van der Waals surface area contributed by atoms with Crippen LogP contribution in [0.5, 0.6) is 0 Å². The maximum atomic E-state index is 2.42. The molecule has 2 aromatic carbocycles. The SMILES string of the molecule is CCc1cc2cc3c(cc2s1)sc1c2cc4cc(CC)sc4cc2sc31. The first-order valence-electron chi connectivity index (χ1n) is 8.97. The molecule has 128 valence electrons. The molecule has 0 unspecified atom stereocenters. The molecule has 0 aliphatic carbocycles. The zero-order valence-corrected chi connectivity index (χ0v) is 17.8. The Morgan fingerprint density at radius 1 is 0.538 bits per heavy atom. The van der Waals surface area contributed by atoms with E-state index in [2.05, 4.69) is 50.2 Å². The van der Waals surface area contributed by atoms with Gasteiger partial charge in [-0.15, -0.1) is 45.3 Å². The van der Waals surface area contributed by atoms with Crippen LogP contribution in [-0.2, 0) is 12.8 Å². The van der Waals surface area contributed by atoms with Gasteiger partial charge >= 0.3 is 0 Å². The first-order chi connectivity index (χ1) is 12.7. The Bertz CT molecular complexity index is 1340. The van der Waals surface area contributed by atoms with Crippen LogP contribution in [0, 0.1) is 0 Å². The first kappa shape index (κ1) is 15.6. The molecule has 26 heavy (non-hydrogen) atoms. The fourth-order valence-corrected chi connectivity index (χ4v) is 8.66. The summed E-state index contributed by atoms with van der Waals surface area (Å²) in [5.74, 6) is 0. The van der Waals surface area contributed by atoms with E-state index in [1.165, 1.54) is 59.5 Å². The quantitative estimate of drug-likeness (QED) is 0.268. The Balaban J connectivity index is 1.69. The van der Waals surface area contributed by atoms with E-state index < -0.39 is 0 Å². The summed E-state index contributed by atoms with van der Waals surface area (Å²) in [5, 5.41) is 5.70. The van der Waals surface area contributed by atoms with Gasteiger partial charge in [-0.2, -0.15) is 0 Å². The van der Waals surface area contributed by atoms with E-state index in [-0.39, 0.29) is 0 Å². The fourth-order valence-electron chi connectivity index (χ4n) is 3.79. The third-order valence-corrected chi connectivity index (χ3v) is 10.1. The second-order valence-corrected chi connectivity index (χ2v) is 11.2. The van der Waals surface area contributed by atoms with Crippen molar-refractivity contribution in [3.63, 3.8) is 0 Å². The molecule has 4 aromatic heterocycles. The summed E-state index contributed by atoms with van der Waals surface area (Å²) in [6.45, 7) is 4.49. The zero-order chi connectivity index (χ0) is 17.4. The average molecular weight is 409 g/mol. The zero-order valence-electron chi connectivity index (χ0n) is 14.5. The Hall–Kier alpha value is -1.46. The Morgan fingerprint density at radius 3 is 1.42 bits per heavy atom. The molecular formula is C22H16S4. The van der Waals surface area contributed by atoms with Crippen LogP contribution in [-0.4, -0.2) is 0 Å². The van der Waals surface area contributed by atoms with Crippen molar-refractivity contribution in [2.75, 3.05) is 0 Å². The molecule has 4 heterocycles. The van der Waals surface area contributed by atoms with E-state index in [0.29, 0.717) is 0 Å². The van der Waals surface area contributed by atoms with Crippen molar-refractivity contribution in [3.8, 4) is 0 Å². The van der Waals surface area contributed by atoms with Gasteiger partial charge in [0.2, 0.25) is 0 Å². The first-order valence-corrected chi connectivity index (χ1v) is 12.2. The third kappa shape index (κ3) is 2.10. The highest BCUT2D eigenvalue weighted by atomic mass is 32.1. The van der Waals surface area contributed by atoms with Gasteiger partial charge in [0.05, 0.1) is 9.40 Å². The molecule has 4 heteroatoms. The number of thiophene rings is 4. The van der Waals surface area contributed by atoms with Crippen LogP contribution < -0.4 is 0 Å². The summed E-state index contributed by atoms with van der Waals surface area (Å²) in [5.41, 5.74) is 0. The smallest absolute Gasteiger partial charge is 0.0542 e. The van der Waals surface area contributed by atoms with Gasteiger partial charge in [-0.3, -0.25) is 0 Å². The predicted molar refractivity (Wildman–Crippen MR) is 124 cm³/mol. The minimum atomic E-state index is 1.13. The Morgan fingerprint density at radius 2 is 1.00 bits per heavy atom. The van der Waals surface area contributed by atoms with E-state index in [0.717, 1.165) is 12.8 Å². The highest BCUT2D eigenvalue weighted by molar-refractivity contribution is 7.37. The molecule has 0 aliphatic heterocycles. The largest absolute Gasteiger partial charge is 0.140 e. The Kier molecular flexibility index (Phi) is 3.31. The van der Waals surface area contributed by atoms with Crippen molar-refractivity contribution < 1.29 is 0 Å².